The van der Waals surface area contributed by atoms with E-state index in [-0.39, 0.29) is 0 Å². The van der Waals surface area contributed by atoms with Gasteiger partial charge >= 0.3 is 0 Å². The van der Waals surface area contributed by atoms with Crippen LogP contribution < -0.4 is 10.6 Å². The van der Waals surface area contributed by atoms with Gasteiger partial charge in [0.15, 0.2) is 5.96 Å². The van der Waals surface area contributed by atoms with Crippen LogP contribution in [0, 0.1) is 5.92 Å². The first kappa shape index (κ1) is 18.2. The highest BCUT2D eigenvalue weighted by Crippen LogP contribution is 2.36. The molecule has 3 rings (SSSR count). The van der Waals surface area contributed by atoms with Crippen LogP contribution in [0.25, 0.3) is 0 Å². The minimum atomic E-state index is -0.806. The summed E-state index contributed by atoms with van der Waals surface area (Å²) in [4.78, 5) is 6.87. The molecular formula is C20H32N4O. The average Bonchev–Trinajstić information content (AvgIpc) is 3.13. The molecule has 0 spiro atoms. The van der Waals surface area contributed by atoms with Crippen molar-refractivity contribution < 1.29 is 5.11 Å². The zero-order chi connectivity index (χ0) is 18.0. The molecule has 3 unspecified atom stereocenters. The fourth-order valence-electron chi connectivity index (χ4n) is 4.07. The monoisotopic (exact) mass is 344 g/mol. The van der Waals surface area contributed by atoms with E-state index in [1.165, 1.54) is 5.56 Å². The number of nitrogens with one attached hydrogen (secondary N) is 2. The first-order chi connectivity index (χ1) is 11.9. The quantitative estimate of drug-likeness (QED) is 0.575. The average molecular weight is 345 g/mol. The summed E-state index contributed by atoms with van der Waals surface area (Å²) in [7, 11) is 1.79. The van der Waals surface area contributed by atoms with Gasteiger partial charge in [0.25, 0.3) is 0 Å². The lowest BCUT2D eigenvalue weighted by Crippen LogP contribution is -2.50. The van der Waals surface area contributed by atoms with Crippen molar-refractivity contribution in [2.75, 3.05) is 26.7 Å². The van der Waals surface area contributed by atoms with Crippen LogP contribution in [0.15, 0.2) is 29.3 Å². The Bertz CT molecular complexity index is 630. The molecule has 2 aliphatic rings. The zero-order valence-electron chi connectivity index (χ0n) is 15.9. The van der Waals surface area contributed by atoms with Crippen molar-refractivity contribution in [2.24, 2.45) is 10.9 Å². The molecule has 3 N–H and O–H groups in total. The van der Waals surface area contributed by atoms with Gasteiger partial charge in [0.2, 0.25) is 0 Å². The third-order valence-electron chi connectivity index (χ3n) is 5.79. The van der Waals surface area contributed by atoms with E-state index in [2.05, 4.69) is 47.4 Å². The second kappa shape index (κ2) is 7.34. The predicted octanol–water partition coefficient (Wildman–Crippen LogP) is 1.71. The van der Waals surface area contributed by atoms with Crippen LogP contribution in [0.2, 0.25) is 0 Å². The number of guanidine groups is 1. The van der Waals surface area contributed by atoms with Crippen molar-refractivity contribution in [3.05, 3.63) is 35.4 Å². The summed E-state index contributed by atoms with van der Waals surface area (Å²) in [6.45, 7) is 9.41. The Labute approximate surface area is 151 Å². The maximum atomic E-state index is 11.1. The van der Waals surface area contributed by atoms with E-state index in [1.54, 1.807) is 7.05 Å². The van der Waals surface area contributed by atoms with Crippen molar-refractivity contribution in [3.63, 3.8) is 0 Å². The fraction of sp³-hybridized carbons (Fsp3) is 0.650. The number of hydrogen-bond acceptors (Lipinski definition) is 3. The maximum absolute atomic E-state index is 11.1. The van der Waals surface area contributed by atoms with Gasteiger partial charge in [-0.1, -0.05) is 31.2 Å². The SMILES string of the molecule is CN=C(NCC1(O)CCc2ccccc21)NC1CN(C(C)C)CC1C. The zero-order valence-corrected chi connectivity index (χ0v) is 15.9. The van der Waals surface area contributed by atoms with Crippen molar-refractivity contribution in [3.8, 4) is 0 Å². The number of rotatable bonds is 4. The van der Waals surface area contributed by atoms with Crippen molar-refractivity contribution in [1.82, 2.24) is 15.5 Å². The van der Waals surface area contributed by atoms with Gasteiger partial charge in [0, 0.05) is 32.2 Å². The minimum absolute atomic E-state index is 0.388. The number of aliphatic hydroxyl groups is 1. The van der Waals surface area contributed by atoms with Gasteiger partial charge < -0.3 is 15.7 Å². The van der Waals surface area contributed by atoms with Gasteiger partial charge in [-0.05, 0) is 43.7 Å². The van der Waals surface area contributed by atoms with Gasteiger partial charge in [0.1, 0.15) is 5.60 Å². The second-order valence-corrected chi connectivity index (χ2v) is 7.89. The lowest BCUT2D eigenvalue weighted by molar-refractivity contribution is 0.0431. The number of benzene rings is 1. The number of nitrogens with zero attached hydrogens (tertiary/aromatic N) is 2. The lowest BCUT2D eigenvalue weighted by Gasteiger charge is -2.27. The van der Waals surface area contributed by atoms with Crippen molar-refractivity contribution >= 4 is 5.96 Å². The summed E-state index contributed by atoms with van der Waals surface area (Å²) in [5.74, 6) is 1.36. The van der Waals surface area contributed by atoms with Crippen molar-refractivity contribution in [1.29, 1.82) is 0 Å². The third kappa shape index (κ3) is 3.82. The molecular weight excluding hydrogens is 312 g/mol. The highest BCUT2D eigenvalue weighted by molar-refractivity contribution is 5.80. The normalized spacial score (nSPS) is 29.9. The van der Waals surface area contributed by atoms with Crippen LogP contribution in [0.1, 0.15) is 38.3 Å². The van der Waals surface area contributed by atoms with Crippen LogP contribution in [-0.2, 0) is 12.0 Å². The highest BCUT2D eigenvalue weighted by Gasteiger charge is 2.37. The number of likely N-dealkylation sites (tertiary alicyclic amines) is 1. The first-order valence-electron chi connectivity index (χ1n) is 9.45. The van der Waals surface area contributed by atoms with E-state index in [4.69, 9.17) is 0 Å². The molecule has 0 saturated carbocycles. The van der Waals surface area contributed by atoms with E-state index in [9.17, 15) is 5.11 Å². The van der Waals surface area contributed by atoms with E-state index < -0.39 is 5.60 Å². The molecule has 5 heteroatoms. The molecule has 0 amide bonds. The number of aliphatic imine (C=N–C) groups is 1. The number of fused-ring (bicyclic) bond motifs is 1. The Balaban J connectivity index is 1.59. The Morgan fingerprint density at radius 1 is 1.36 bits per heavy atom. The lowest BCUT2D eigenvalue weighted by atomic mass is 9.96. The van der Waals surface area contributed by atoms with Gasteiger partial charge in [-0.15, -0.1) is 0 Å². The third-order valence-corrected chi connectivity index (χ3v) is 5.79. The van der Waals surface area contributed by atoms with Crippen molar-refractivity contribution in [2.45, 2.75) is 51.3 Å². The first-order valence-corrected chi connectivity index (χ1v) is 9.45. The number of hydrogen-bond donors (Lipinski definition) is 3. The largest absolute Gasteiger partial charge is 0.383 e. The molecule has 5 nitrogen and oxygen atoms in total. The Morgan fingerprint density at radius 3 is 2.80 bits per heavy atom. The molecule has 1 aliphatic heterocycles. The number of aryl methyl sites for hydroxylation is 1. The molecule has 1 saturated heterocycles. The smallest absolute Gasteiger partial charge is 0.191 e. The Morgan fingerprint density at radius 2 is 2.12 bits per heavy atom. The molecule has 0 aromatic heterocycles. The standard InChI is InChI=1S/C20H32N4O/c1-14(2)24-11-15(3)18(12-24)23-19(21-4)22-13-20(25)10-9-16-7-5-6-8-17(16)20/h5-8,14-15,18,25H,9-13H2,1-4H3,(H2,21,22,23). The molecule has 25 heavy (non-hydrogen) atoms. The Kier molecular flexibility index (Phi) is 5.35. The van der Waals surface area contributed by atoms with Gasteiger partial charge in [-0.3, -0.25) is 9.89 Å². The van der Waals surface area contributed by atoms with E-state index in [0.29, 0.717) is 24.5 Å². The summed E-state index contributed by atoms with van der Waals surface area (Å²) >= 11 is 0. The fourth-order valence-corrected chi connectivity index (χ4v) is 4.07. The molecule has 1 aromatic rings. The molecule has 0 bridgehead atoms. The highest BCUT2D eigenvalue weighted by atomic mass is 16.3. The summed E-state index contributed by atoms with van der Waals surface area (Å²) in [5, 5.41) is 18.0. The molecule has 138 valence electrons. The molecule has 1 heterocycles. The van der Waals surface area contributed by atoms with Crippen LogP contribution >= 0.6 is 0 Å². The van der Waals surface area contributed by atoms with E-state index >= 15 is 0 Å². The Hall–Kier alpha value is -1.59. The van der Waals surface area contributed by atoms with E-state index in [1.807, 2.05) is 18.2 Å². The topological polar surface area (TPSA) is 59.9 Å². The summed E-state index contributed by atoms with van der Waals surface area (Å²) < 4.78 is 0. The van der Waals surface area contributed by atoms with Crippen LogP contribution in [0.5, 0.6) is 0 Å². The van der Waals surface area contributed by atoms with Gasteiger partial charge in [-0.2, -0.15) is 0 Å². The summed E-state index contributed by atoms with van der Waals surface area (Å²) in [6.07, 6.45) is 1.70. The molecule has 0 radical (unpaired) electrons. The summed E-state index contributed by atoms with van der Waals surface area (Å²) in [5.41, 5.74) is 1.50. The van der Waals surface area contributed by atoms with E-state index in [0.717, 1.165) is 37.5 Å². The van der Waals surface area contributed by atoms with Gasteiger partial charge in [-0.25, -0.2) is 0 Å². The van der Waals surface area contributed by atoms with Crippen LogP contribution in [0.3, 0.4) is 0 Å². The molecule has 3 atom stereocenters. The van der Waals surface area contributed by atoms with Gasteiger partial charge in [0.05, 0.1) is 6.54 Å². The minimum Gasteiger partial charge on any atom is -0.383 e. The summed E-state index contributed by atoms with van der Waals surface area (Å²) in [6, 6.07) is 9.16. The molecule has 1 aliphatic carbocycles. The predicted molar refractivity (Wildman–Crippen MR) is 103 cm³/mol. The molecule has 1 fully saturated rings. The maximum Gasteiger partial charge on any atom is 0.191 e. The molecule has 1 aromatic carbocycles. The van der Waals surface area contributed by atoms with Crippen LogP contribution in [0.4, 0.5) is 0 Å². The van der Waals surface area contributed by atoms with Crippen LogP contribution in [-0.4, -0.2) is 54.7 Å². The second-order valence-electron chi connectivity index (χ2n) is 7.89.